The van der Waals surface area contributed by atoms with Crippen LogP contribution >= 0.6 is 0 Å². The van der Waals surface area contributed by atoms with Crippen LogP contribution in [0, 0.1) is 0 Å². The number of aromatic nitrogens is 4. The second-order valence-corrected chi connectivity index (χ2v) is 5.73. The summed E-state index contributed by atoms with van der Waals surface area (Å²) >= 11 is 0. The molecule has 3 aromatic heterocycles. The van der Waals surface area contributed by atoms with E-state index in [9.17, 15) is 0 Å². The number of rotatable bonds is 2. The van der Waals surface area contributed by atoms with Crippen LogP contribution in [-0.2, 0) is 0 Å². The van der Waals surface area contributed by atoms with Gasteiger partial charge in [0.05, 0.1) is 11.2 Å². The Kier molecular flexibility index (Phi) is 2.76. The van der Waals surface area contributed by atoms with Crippen LogP contribution in [-0.4, -0.2) is 19.7 Å². The van der Waals surface area contributed by atoms with E-state index in [1.165, 1.54) is 5.39 Å². The lowest BCUT2D eigenvalue weighted by molar-refractivity contribution is 0.999. The molecule has 5 rings (SSSR count). The summed E-state index contributed by atoms with van der Waals surface area (Å²) in [5.41, 5.74) is 4.14. The minimum absolute atomic E-state index is 0.846. The fourth-order valence-electron chi connectivity index (χ4n) is 3.22. The molecule has 1 N–H and O–H groups in total. The highest BCUT2D eigenvalue weighted by Crippen LogP contribution is 2.30. The van der Waals surface area contributed by atoms with Crippen molar-refractivity contribution in [1.82, 2.24) is 19.7 Å². The quantitative estimate of drug-likeness (QED) is 0.519. The third-order valence-corrected chi connectivity index (χ3v) is 4.31. The molecule has 24 heavy (non-hydrogen) atoms. The molecule has 0 aliphatic heterocycles. The number of hydrogen-bond acceptors (Lipinski definition) is 2. The second kappa shape index (κ2) is 5.06. The van der Waals surface area contributed by atoms with Crippen molar-refractivity contribution in [1.29, 1.82) is 0 Å². The molecule has 5 aromatic rings. The standard InChI is InChI=1S/C20H14N4/c1-2-7-14(8-3-1)17-13-19(23-22-17)24-18-11-5-4-9-15(18)16-10-6-12-21-20(16)24/h1-13H,(H,22,23). The van der Waals surface area contributed by atoms with E-state index in [1.807, 2.05) is 36.5 Å². The number of nitrogens with zero attached hydrogens (tertiary/aromatic N) is 3. The van der Waals surface area contributed by atoms with Crippen molar-refractivity contribution in [2.45, 2.75) is 0 Å². The van der Waals surface area contributed by atoms with E-state index in [-0.39, 0.29) is 0 Å². The molecule has 2 aromatic carbocycles. The summed E-state index contributed by atoms with van der Waals surface area (Å²) in [6.45, 7) is 0. The van der Waals surface area contributed by atoms with Gasteiger partial charge < -0.3 is 0 Å². The van der Waals surface area contributed by atoms with Gasteiger partial charge in [0.1, 0.15) is 5.65 Å². The predicted molar refractivity (Wildman–Crippen MR) is 96.2 cm³/mol. The Hall–Kier alpha value is -3.40. The number of hydrogen-bond donors (Lipinski definition) is 1. The molecule has 0 saturated carbocycles. The van der Waals surface area contributed by atoms with Gasteiger partial charge in [0.15, 0.2) is 5.82 Å². The predicted octanol–water partition coefficient (Wildman–Crippen LogP) is 4.57. The van der Waals surface area contributed by atoms with E-state index in [4.69, 9.17) is 0 Å². The second-order valence-electron chi connectivity index (χ2n) is 5.73. The average Bonchev–Trinajstić information content (AvgIpc) is 3.25. The summed E-state index contributed by atoms with van der Waals surface area (Å²) < 4.78 is 2.10. The van der Waals surface area contributed by atoms with Gasteiger partial charge >= 0.3 is 0 Å². The maximum atomic E-state index is 4.59. The Morgan fingerprint density at radius 3 is 2.50 bits per heavy atom. The van der Waals surface area contributed by atoms with Gasteiger partial charge in [-0.25, -0.2) is 4.98 Å². The summed E-state index contributed by atoms with van der Waals surface area (Å²) in [6.07, 6.45) is 1.82. The number of H-pyrrole nitrogens is 1. The van der Waals surface area contributed by atoms with Gasteiger partial charge in [0.25, 0.3) is 0 Å². The molecule has 3 heterocycles. The minimum atomic E-state index is 0.846. The lowest BCUT2D eigenvalue weighted by Gasteiger charge is -2.01. The summed E-state index contributed by atoms with van der Waals surface area (Å²) in [5, 5.41) is 10.00. The lowest BCUT2D eigenvalue weighted by Crippen LogP contribution is -1.95. The Balaban J connectivity index is 1.79. The highest BCUT2D eigenvalue weighted by atomic mass is 15.2. The molecule has 0 spiro atoms. The molecular weight excluding hydrogens is 296 g/mol. The van der Waals surface area contributed by atoms with E-state index in [2.05, 4.69) is 62.2 Å². The third-order valence-electron chi connectivity index (χ3n) is 4.31. The van der Waals surface area contributed by atoms with Gasteiger partial charge in [-0.15, -0.1) is 0 Å². The van der Waals surface area contributed by atoms with Crippen molar-refractivity contribution in [3.8, 4) is 17.1 Å². The van der Waals surface area contributed by atoms with E-state index in [1.54, 1.807) is 0 Å². The van der Waals surface area contributed by atoms with Gasteiger partial charge in [-0.2, -0.15) is 5.10 Å². The Morgan fingerprint density at radius 2 is 1.58 bits per heavy atom. The van der Waals surface area contributed by atoms with Crippen LogP contribution in [0.3, 0.4) is 0 Å². The first-order chi connectivity index (χ1) is 11.9. The largest absolute Gasteiger partial charge is 0.276 e. The first kappa shape index (κ1) is 13.1. The summed E-state index contributed by atoms with van der Waals surface area (Å²) in [4.78, 5) is 4.59. The zero-order valence-electron chi connectivity index (χ0n) is 12.8. The van der Waals surface area contributed by atoms with E-state index in [0.717, 1.165) is 33.6 Å². The smallest absolute Gasteiger partial charge is 0.161 e. The van der Waals surface area contributed by atoms with Crippen LogP contribution in [0.4, 0.5) is 0 Å². The first-order valence-electron chi connectivity index (χ1n) is 7.87. The Labute approximate surface area is 138 Å². The maximum Gasteiger partial charge on any atom is 0.161 e. The number of para-hydroxylation sites is 1. The number of nitrogens with one attached hydrogen (secondary N) is 1. The number of aromatic amines is 1. The van der Waals surface area contributed by atoms with Crippen molar-refractivity contribution < 1.29 is 0 Å². The molecule has 0 atom stereocenters. The molecular formula is C20H14N4. The van der Waals surface area contributed by atoms with Crippen molar-refractivity contribution in [3.63, 3.8) is 0 Å². The third kappa shape index (κ3) is 1.86. The molecule has 0 fully saturated rings. The van der Waals surface area contributed by atoms with Crippen LogP contribution in [0.2, 0.25) is 0 Å². The van der Waals surface area contributed by atoms with E-state index < -0.39 is 0 Å². The Bertz CT molecular complexity index is 1100. The van der Waals surface area contributed by atoms with Gasteiger partial charge in [0, 0.05) is 23.0 Å². The first-order valence-corrected chi connectivity index (χ1v) is 7.87. The Morgan fingerprint density at radius 1 is 0.792 bits per heavy atom. The van der Waals surface area contributed by atoms with Crippen molar-refractivity contribution in [2.75, 3.05) is 0 Å². The van der Waals surface area contributed by atoms with Crippen molar-refractivity contribution in [3.05, 3.63) is 79.0 Å². The number of fused-ring (bicyclic) bond motifs is 3. The van der Waals surface area contributed by atoms with Crippen molar-refractivity contribution >= 4 is 21.9 Å². The van der Waals surface area contributed by atoms with Crippen LogP contribution in [0.1, 0.15) is 0 Å². The fraction of sp³-hybridized carbons (Fsp3) is 0. The van der Waals surface area contributed by atoms with Gasteiger partial charge in [-0.05, 0) is 23.8 Å². The minimum Gasteiger partial charge on any atom is -0.276 e. The summed E-state index contributed by atoms with van der Waals surface area (Å²) in [6, 6.07) is 24.7. The average molecular weight is 310 g/mol. The van der Waals surface area contributed by atoms with Gasteiger partial charge in [0.2, 0.25) is 0 Å². The molecule has 114 valence electrons. The lowest BCUT2D eigenvalue weighted by atomic mass is 10.1. The summed E-state index contributed by atoms with van der Waals surface area (Å²) in [7, 11) is 0. The molecule has 0 aliphatic carbocycles. The molecule has 4 nitrogen and oxygen atoms in total. The summed E-state index contributed by atoms with van der Waals surface area (Å²) in [5.74, 6) is 0.846. The molecule has 0 aliphatic rings. The van der Waals surface area contributed by atoms with Crippen LogP contribution in [0.25, 0.3) is 39.0 Å². The van der Waals surface area contributed by atoms with Crippen LogP contribution in [0.5, 0.6) is 0 Å². The maximum absolute atomic E-state index is 4.59. The molecule has 0 saturated heterocycles. The molecule has 0 radical (unpaired) electrons. The van der Waals surface area contributed by atoms with E-state index in [0.29, 0.717) is 0 Å². The normalized spacial score (nSPS) is 11.3. The topological polar surface area (TPSA) is 46.5 Å². The highest BCUT2D eigenvalue weighted by molar-refractivity contribution is 6.07. The fourth-order valence-corrected chi connectivity index (χ4v) is 3.22. The van der Waals surface area contributed by atoms with E-state index >= 15 is 0 Å². The van der Waals surface area contributed by atoms with Gasteiger partial charge in [-0.1, -0.05) is 48.5 Å². The molecule has 4 heteroatoms. The van der Waals surface area contributed by atoms with Crippen LogP contribution in [0.15, 0.2) is 79.0 Å². The van der Waals surface area contributed by atoms with Crippen molar-refractivity contribution in [2.24, 2.45) is 0 Å². The number of pyridine rings is 1. The SMILES string of the molecule is c1ccc(-c2cc(-n3c4ccccc4c4cccnc43)n[nH]2)cc1. The molecule has 0 amide bonds. The number of benzene rings is 2. The molecule has 0 unspecified atom stereocenters. The zero-order valence-corrected chi connectivity index (χ0v) is 12.8. The van der Waals surface area contributed by atoms with Gasteiger partial charge in [-0.3, -0.25) is 9.67 Å². The van der Waals surface area contributed by atoms with Crippen LogP contribution < -0.4 is 0 Å². The zero-order chi connectivity index (χ0) is 15.9. The monoisotopic (exact) mass is 310 g/mol. The highest BCUT2D eigenvalue weighted by Gasteiger charge is 2.14. The molecule has 0 bridgehead atoms.